The van der Waals surface area contributed by atoms with Crippen molar-refractivity contribution in [1.29, 1.82) is 0 Å². The Morgan fingerprint density at radius 1 is 1.08 bits per heavy atom. The summed E-state index contributed by atoms with van der Waals surface area (Å²) in [5.41, 5.74) is 4.74. The number of carbonyl (C=O) groups is 1. The molecule has 11 heteroatoms. The molecule has 0 saturated heterocycles. The van der Waals surface area contributed by atoms with Crippen molar-refractivity contribution in [3.05, 3.63) is 82.4 Å². The SMILES string of the molecule is CN1CC(Cc2cc(C(CC(=O)O)c3ccc4c(c3)nnn4C)ccc2Cl)=NS(=O)(=O)c2ccccc21. The molecule has 0 bridgehead atoms. The summed E-state index contributed by atoms with van der Waals surface area (Å²) in [5, 5.41) is 18.3. The third-order valence-corrected chi connectivity index (χ3v) is 8.27. The van der Waals surface area contributed by atoms with Gasteiger partial charge in [-0.3, -0.25) is 4.79 Å². The highest BCUT2D eigenvalue weighted by Crippen LogP contribution is 2.33. The fourth-order valence-corrected chi connectivity index (χ4v) is 6.21. The van der Waals surface area contributed by atoms with Crippen molar-refractivity contribution in [2.24, 2.45) is 11.4 Å². The topological polar surface area (TPSA) is 118 Å². The van der Waals surface area contributed by atoms with E-state index in [1.165, 1.54) is 0 Å². The molecule has 190 valence electrons. The van der Waals surface area contributed by atoms with E-state index in [4.69, 9.17) is 11.6 Å². The molecule has 0 spiro atoms. The summed E-state index contributed by atoms with van der Waals surface area (Å²) in [5.74, 6) is -1.41. The smallest absolute Gasteiger partial charge is 0.304 e. The summed E-state index contributed by atoms with van der Waals surface area (Å²) < 4.78 is 31.8. The van der Waals surface area contributed by atoms with Gasteiger partial charge in [0.15, 0.2) is 0 Å². The molecule has 1 N–H and O–H groups in total. The number of nitrogens with zero attached hydrogens (tertiary/aromatic N) is 5. The van der Waals surface area contributed by atoms with Crippen molar-refractivity contribution >= 4 is 50.0 Å². The first kappa shape index (κ1) is 24.9. The van der Waals surface area contributed by atoms with Crippen LogP contribution in [0.5, 0.6) is 0 Å². The van der Waals surface area contributed by atoms with Crippen molar-refractivity contribution < 1.29 is 18.3 Å². The Hall–Kier alpha value is -3.76. The Morgan fingerprint density at radius 2 is 1.81 bits per heavy atom. The Morgan fingerprint density at radius 3 is 2.59 bits per heavy atom. The van der Waals surface area contributed by atoms with Crippen LogP contribution >= 0.6 is 11.6 Å². The van der Waals surface area contributed by atoms with Gasteiger partial charge in [-0.25, -0.2) is 4.68 Å². The number of halogens is 1. The Bertz CT molecular complexity index is 1660. The summed E-state index contributed by atoms with van der Waals surface area (Å²) in [6.45, 7) is 0.304. The maximum atomic E-state index is 13.0. The van der Waals surface area contributed by atoms with Gasteiger partial charge in [0.25, 0.3) is 10.0 Å². The number of aliphatic carboxylic acids is 1. The van der Waals surface area contributed by atoms with Crippen molar-refractivity contribution in [3.63, 3.8) is 0 Å². The van der Waals surface area contributed by atoms with Gasteiger partial charge in [-0.15, -0.1) is 5.10 Å². The number of carboxylic acids is 1. The lowest BCUT2D eigenvalue weighted by Gasteiger charge is -2.20. The van der Waals surface area contributed by atoms with Crippen LogP contribution in [0.4, 0.5) is 5.69 Å². The molecule has 0 fully saturated rings. The lowest BCUT2D eigenvalue weighted by Crippen LogP contribution is -2.26. The number of carboxylic acid groups (broad SMARTS) is 1. The second-order valence-corrected chi connectivity index (χ2v) is 11.1. The summed E-state index contributed by atoms with van der Waals surface area (Å²) in [7, 11) is -0.276. The zero-order valence-corrected chi connectivity index (χ0v) is 21.7. The Balaban J connectivity index is 1.52. The third-order valence-electron chi connectivity index (χ3n) is 6.51. The lowest BCUT2D eigenvalue weighted by molar-refractivity contribution is -0.137. The van der Waals surface area contributed by atoms with Crippen molar-refractivity contribution in [2.75, 3.05) is 18.5 Å². The largest absolute Gasteiger partial charge is 0.481 e. The first-order valence-electron chi connectivity index (χ1n) is 11.5. The number of anilines is 1. The van der Waals surface area contributed by atoms with Gasteiger partial charge in [-0.1, -0.05) is 47.1 Å². The fourth-order valence-electron chi connectivity index (χ4n) is 4.73. The molecular formula is C26H24ClN5O4S. The monoisotopic (exact) mass is 537 g/mol. The fraction of sp³-hybridized carbons (Fsp3) is 0.231. The van der Waals surface area contributed by atoms with E-state index in [-0.39, 0.29) is 17.7 Å². The van der Waals surface area contributed by atoms with Crippen LogP contribution in [0.25, 0.3) is 11.0 Å². The summed E-state index contributed by atoms with van der Waals surface area (Å²) in [4.78, 5) is 13.8. The van der Waals surface area contributed by atoms with E-state index in [0.717, 1.165) is 16.6 Å². The molecule has 1 aliphatic heterocycles. The van der Waals surface area contributed by atoms with E-state index in [0.29, 0.717) is 34.0 Å². The average Bonchev–Trinajstić information content (AvgIpc) is 3.19. The highest BCUT2D eigenvalue weighted by atomic mass is 35.5. The average molecular weight is 538 g/mol. The number of aryl methyl sites for hydroxylation is 1. The number of hydrogen-bond donors (Lipinski definition) is 1. The zero-order chi connectivity index (χ0) is 26.3. The minimum Gasteiger partial charge on any atom is -0.481 e. The molecule has 3 aromatic carbocycles. The molecule has 37 heavy (non-hydrogen) atoms. The lowest BCUT2D eigenvalue weighted by atomic mass is 9.87. The van der Waals surface area contributed by atoms with Gasteiger partial charge in [0, 0.05) is 31.5 Å². The molecule has 1 atom stereocenters. The van der Waals surface area contributed by atoms with Crippen molar-refractivity contribution in [2.45, 2.75) is 23.7 Å². The van der Waals surface area contributed by atoms with Crippen LogP contribution in [0.1, 0.15) is 29.0 Å². The van der Waals surface area contributed by atoms with Gasteiger partial charge in [-0.2, -0.15) is 12.8 Å². The van der Waals surface area contributed by atoms with Crippen LogP contribution in [-0.4, -0.2) is 53.8 Å². The molecule has 0 amide bonds. The van der Waals surface area contributed by atoms with Crippen LogP contribution in [0.3, 0.4) is 0 Å². The number of fused-ring (bicyclic) bond motifs is 2. The molecule has 4 aromatic rings. The van der Waals surface area contributed by atoms with Crippen LogP contribution in [0.15, 0.2) is 70.0 Å². The van der Waals surface area contributed by atoms with Gasteiger partial charge in [0.05, 0.1) is 29.9 Å². The maximum absolute atomic E-state index is 13.0. The molecule has 1 aromatic heterocycles. The predicted molar refractivity (Wildman–Crippen MR) is 142 cm³/mol. The van der Waals surface area contributed by atoms with E-state index in [9.17, 15) is 18.3 Å². The van der Waals surface area contributed by atoms with Crippen LogP contribution in [-0.2, 0) is 28.3 Å². The van der Waals surface area contributed by atoms with Gasteiger partial charge in [0.1, 0.15) is 10.4 Å². The molecular weight excluding hydrogens is 514 g/mol. The third kappa shape index (κ3) is 4.94. The number of sulfonamides is 1. The highest BCUT2D eigenvalue weighted by molar-refractivity contribution is 7.90. The van der Waals surface area contributed by atoms with Crippen molar-refractivity contribution in [1.82, 2.24) is 15.0 Å². The molecule has 0 saturated carbocycles. The van der Waals surface area contributed by atoms with Crippen LogP contribution < -0.4 is 4.90 Å². The van der Waals surface area contributed by atoms with E-state index in [2.05, 4.69) is 14.7 Å². The van der Waals surface area contributed by atoms with Gasteiger partial charge in [-0.05, 0) is 47.0 Å². The summed E-state index contributed by atoms with van der Waals surface area (Å²) in [6.07, 6.45) is 0.0629. The van der Waals surface area contributed by atoms with Gasteiger partial charge < -0.3 is 10.0 Å². The maximum Gasteiger partial charge on any atom is 0.304 e. The second kappa shape index (κ2) is 9.60. The zero-order valence-electron chi connectivity index (χ0n) is 20.2. The predicted octanol–water partition coefficient (Wildman–Crippen LogP) is 4.05. The standard InChI is InChI=1S/C26H24ClN5O4S/c1-31-15-19(29-37(35,36)25-6-4-3-5-24(25)31)12-18-11-16(7-9-21(18)27)20(14-26(33)34)17-8-10-23-22(13-17)28-30-32(23)2/h3-11,13,20H,12,14-15H2,1-2H3,(H,33,34). The van der Waals surface area contributed by atoms with E-state index < -0.39 is 21.9 Å². The van der Waals surface area contributed by atoms with Crippen molar-refractivity contribution in [3.8, 4) is 0 Å². The summed E-state index contributed by atoms with van der Waals surface area (Å²) >= 11 is 6.53. The van der Waals surface area contributed by atoms with E-state index in [1.807, 2.05) is 36.2 Å². The van der Waals surface area contributed by atoms with E-state index in [1.54, 1.807) is 48.1 Å². The molecule has 5 rings (SSSR count). The summed E-state index contributed by atoms with van der Waals surface area (Å²) in [6, 6.07) is 17.7. The molecule has 0 aliphatic carbocycles. The van der Waals surface area contributed by atoms with Gasteiger partial charge in [0.2, 0.25) is 0 Å². The van der Waals surface area contributed by atoms with Crippen LogP contribution in [0.2, 0.25) is 5.02 Å². The minimum absolute atomic E-state index is 0.139. The van der Waals surface area contributed by atoms with E-state index >= 15 is 0 Å². The molecule has 9 nitrogen and oxygen atoms in total. The number of rotatable bonds is 6. The van der Waals surface area contributed by atoms with Crippen LogP contribution in [0, 0.1) is 0 Å². The minimum atomic E-state index is -3.89. The first-order chi connectivity index (χ1) is 17.6. The number of hydrogen-bond acceptors (Lipinski definition) is 6. The first-order valence-corrected chi connectivity index (χ1v) is 13.4. The molecule has 0 radical (unpaired) electrons. The number of aromatic nitrogens is 3. The highest BCUT2D eigenvalue weighted by Gasteiger charge is 2.26. The normalized spacial score (nSPS) is 15.6. The quantitative estimate of drug-likeness (QED) is 0.394. The Kier molecular flexibility index (Phi) is 6.47. The van der Waals surface area contributed by atoms with Gasteiger partial charge >= 0.3 is 5.97 Å². The molecule has 1 unspecified atom stereocenters. The number of para-hydroxylation sites is 1. The molecule has 1 aliphatic rings. The Labute approximate surface area is 219 Å². The second-order valence-electron chi connectivity index (χ2n) is 9.10. The number of benzene rings is 3. The molecule has 2 heterocycles.